The van der Waals surface area contributed by atoms with Crippen molar-refractivity contribution in [3.63, 3.8) is 0 Å². The normalized spacial score (nSPS) is 11.2. The molecule has 2 nitrogen and oxygen atoms in total. The van der Waals surface area contributed by atoms with Crippen LogP contribution >= 0.6 is 22.7 Å². The number of hydrogen-bond acceptors (Lipinski definition) is 2. The standard InChI is InChI=1S/C32H42N2S2/c1(3-5-7-15-21-31-25-33(27-35-31)23-29-17-11-9-12-18-29)2-4-6-8-16-22-32-26-34(28-36-32)24-30-19-13-10-14-20-30/h9-14,17-20,25-28H,1-8,15-16,21-24H2/q+2. The second-order valence-electron chi connectivity index (χ2n) is 9.99. The van der Waals surface area contributed by atoms with Gasteiger partial charge in [0.05, 0.1) is 9.75 Å². The van der Waals surface area contributed by atoms with Crippen molar-refractivity contribution < 1.29 is 9.13 Å². The molecule has 0 aliphatic heterocycles. The molecule has 2 heterocycles. The Balaban J connectivity index is 0.951. The minimum absolute atomic E-state index is 0.986. The lowest BCUT2D eigenvalue weighted by atomic mass is 10.0. The van der Waals surface area contributed by atoms with Gasteiger partial charge < -0.3 is 0 Å². The van der Waals surface area contributed by atoms with E-state index in [1.807, 2.05) is 22.7 Å². The molecule has 0 aliphatic carbocycles. The van der Waals surface area contributed by atoms with Crippen LogP contribution in [0.4, 0.5) is 0 Å². The van der Waals surface area contributed by atoms with E-state index >= 15 is 0 Å². The minimum Gasteiger partial charge on any atom is -0.191 e. The lowest BCUT2D eigenvalue weighted by Crippen LogP contribution is -2.30. The fourth-order valence-corrected chi connectivity index (χ4v) is 6.51. The Morgan fingerprint density at radius 2 is 0.806 bits per heavy atom. The van der Waals surface area contributed by atoms with Gasteiger partial charge in [-0.15, -0.1) is 0 Å². The SMILES string of the molecule is c1ccc(C[n+]2csc(CCCCCCCCCCCCc3c[n+](Cc4ccccc4)cs3)c2)cc1. The Bertz CT molecular complexity index is 1010. The summed E-state index contributed by atoms with van der Waals surface area (Å²) in [6, 6.07) is 21.5. The number of rotatable bonds is 17. The van der Waals surface area contributed by atoms with Crippen molar-refractivity contribution in [3.05, 3.63) is 105 Å². The van der Waals surface area contributed by atoms with Crippen molar-refractivity contribution in [2.75, 3.05) is 0 Å². The van der Waals surface area contributed by atoms with E-state index in [0.717, 1.165) is 13.1 Å². The van der Waals surface area contributed by atoms with Gasteiger partial charge in [-0.2, -0.15) is 9.13 Å². The highest BCUT2D eigenvalue weighted by Gasteiger charge is 2.09. The molecule has 0 bridgehead atoms. The summed E-state index contributed by atoms with van der Waals surface area (Å²) < 4.78 is 4.66. The van der Waals surface area contributed by atoms with Gasteiger partial charge in [0, 0.05) is 11.1 Å². The third-order valence-corrected chi connectivity index (χ3v) is 8.79. The number of benzene rings is 2. The Morgan fingerprint density at radius 1 is 0.444 bits per heavy atom. The number of hydrogen-bond donors (Lipinski definition) is 0. The van der Waals surface area contributed by atoms with E-state index in [-0.39, 0.29) is 0 Å². The van der Waals surface area contributed by atoms with E-state index < -0.39 is 0 Å². The molecule has 2 aromatic carbocycles. The molecule has 4 heteroatoms. The van der Waals surface area contributed by atoms with Crippen LogP contribution in [0.1, 0.15) is 85.1 Å². The van der Waals surface area contributed by atoms with Crippen molar-refractivity contribution in [3.8, 4) is 0 Å². The topological polar surface area (TPSA) is 7.76 Å². The summed E-state index contributed by atoms with van der Waals surface area (Å²) in [7, 11) is 0. The zero-order valence-corrected chi connectivity index (χ0v) is 23.3. The van der Waals surface area contributed by atoms with Crippen LogP contribution in [0.3, 0.4) is 0 Å². The van der Waals surface area contributed by atoms with Crippen LogP contribution in [0.15, 0.2) is 84.1 Å². The maximum Gasteiger partial charge on any atom is 0.225 e. The first-order valence-electron chi connectivity index (χ1n) is 13.9. The van der Waals surface area contributed by atoms with Gasteiger partial charge in [0.25, 0.3) is 0 Å². The molecule has 190 valence electrons. The van der Waals surface area contributed by atoms with Crippen LogP contribution in [0, 0.1) is 0 Å². The molecule has 36 heavy (non-hydrogen) atoms. The molecule has 0 saturated carbocycles. The van der Waals surface area contributed by atoms with E-state index in [1.165, 1.54) is 97.9 Å². The highest BCUT2D eigenvalue weighted by molar-refractivity contribution is 7.09. The van der Waals surface area contributed by atoms with Crippen LogP contribution in [0.5, 0.6) is 0 Å². The van der Waals surface area contributed by atoms with Crippen molar-refractivity contribution in [2.24, 2.45) is 0 Å². The zero-order valence-electron chi connectivity index (χ0n) is 21.7. The largest absolute Gasteiger partial charge is 0.225 e. The predicted octanol–water partition coefficient (Wildman–Crippen LogP) is 8.17. The Hall–Kier alpha value is -2.30. The molecule has 0 saturated heterocycles. The van der Waals surface area contributed by atoms with Gasteiger partial charge in [0.15, 0.2) is 25.5 Å². The third-order valence-electron chi connectivity index (χ3n) is 6.81. The fraction of sp³-hybridized carbons (Fsp3) is 0.438. The van der Waals surface area contributed by atoms with Gasteiger partial charge >= 0.3 is 0 Å². The summed E-state index contributed by atoms with van der Waals surface area (Å²) >= 11 is 3.82. The number of nitrogens with zero attached hydrogens (tertiary/aromatic N) is 2. The number of aryl methyl sites for hydroxylation is 2. The molecule has 0 spiro atoms. The van der Waals surface area contributed by atoms with Crippen LogP contribution < -0.4 is 9.13 Å². The summed E-state index contributed by atoms with van der Waals surface area (Å²) in [6.07, 6.45) is 21.0. The molecule has 0 N–H and O–H groups in total. The number of aromatic nitrogens is 2. The fourth-order valence-electron chi connectivity index (χ4n) is 4.78. The van der Waals surface area contributed by atoms with Crippen LogP contribution in [-0.2, 0) is 25.9 Å². The lowest BCUT2D eigenvalue weighted by Gasteiger charge is -2.02. The van der Waals surface area contributed by atoms with Crippen LogP contribution in [-0.4, -0.2) is 0 Å². The Labute approximate surface area is 226 Å². The molecule has 0 aliphatic rings. The minimum atomic E-state index is 0.986. The molecule has 0 atom stereocenters. The average molecular weight is 519 g/mol. The van der Waals surface area contributed by atoms with E-state index in [4.69, 9.17) is 0 Å². The van der Waals surface area contributed by atoms with Crippen LogP contribution in [0.25, 0.3) is 0 Å². The molecule has 0 radical (unpaired) electrons. The van der Waals surface area contributed by atoms with Crippen LogP contribution in [0.2, 0.25) is 0 Å². The first kappa shape index (κ1) is 26.8. The van der Waals surface area contributed by atoms with E-state index in [2.05, 4.69) is 93.2 Å². The molecule has 2 aromatic heterocycles. The summed E-state index contributed by atoms with van der Waals surface area (Å²) in [5, 5.41) is 0. The second-order valence-corrected chi connectivity index (χ2v) is 11.9. The van der Waals surface area contributed by atoms with Gasteiger partial charge in [-0.3, -0.25) is 0 Å². The molecule has 4 rings (SSSR count). The third kappa shape index (κ3) is 9.99. The Kier molecular flexibility index (Phi) is 11.7. The van der Waals surface area contributed by atoms with Crippen molar-refractivity contribution in [2.45, 2.75) is 90.1 Å². The highest BCUT2D eigenvalue weighted by atomic mass is 32.1. The predicted molar refractivity (Wildman–Crippen MR) is 154 cm³/mol. The average Bonchev–Trinajstić information content (AvgIpc) is 3.55. The van der Waals surface area contributed by atoms with Crippen molar-refractivity contribution in [1.29, 1.82) is 0 Å². The summed E-state index contributed by atoms with van der Waals surface area (Å²) in [4.78, 5) is 3.05. The van der Waals surface area contributed by atoms with Crippen molar-refractivity contribution >= 4 is 22.7 Å². The molecule has 0 amide bonds. The molecule has 0 unspecified atom stereocenters. The number of thiazole rings is 2. The lowest BCUT2D eigenvalue weighted by molar-refractivity contribution is -0.683. The summed E-state index contributed by atoms with van der Waals surface area (Å²) in [5.41, 5.74) is 7.29. The zero-order chi connectivity index (χ0) is 24.7. The van der Waals surface area contributed by atoms with Gasteiger partial charge in [0.1, 0.15) is 0 Å². The first-order chi connectivity index (χ1) is 17.8. The maximum absolute atomic E-state index is 2.35. The van der Waals surface area contributed by atoms with Gasteiger partial charge in [-0.05, 0) is 25.7 Å². The molecule has 4 aromatic rings. The first-order valence-corrected chi connectivity index (χ1v) is 15.6. The smallest absolute Gasteiger partial charge is 0.191 e. The molecular formula is C32H42N2S2+2. The monoisotopic (exact) mass is 518 g/mol. The van der Waals surface area contributed by atoms with E-state index in [9.17, 15) is 0 Å². The second kappa shape index (κ2) is 15.7. The summed E-state index contributed by atoms with van der Waals surface area (Å²) in [6.45, 7) is 1.97. The Morgan fingerprint density at radius 3 is 1.19 bits per heavy atom. The van der Waals surface area contributed by atoms with E-state index in [1.54, 1.807) is 0 Å². The maximum atomic E-state index is 2.35. The highest BCUT2D eigenvalue weighted by Crippen LogP contribution is 2.16. The van der Waals surface area contributed by atoms with E-state index in [0.29, 0.717) is 0 Å². The van der Waals surface area contributed by atoms with Gasteiger partial charge in [0.2, 0.25) is 11.0 Å². The molecular weight excluding hydrogens is 477 g/mol. The van der Waals surface area contributed by atoms with Gasteiger partial charge in [-0.1, -0.05) is 135 Å². The van der Waals surface area contributed by atoms with Gasteiger partial charge in [-0.25, -0.2) is 0 Å². The summed E-state index contributed by atoms with van der Waals surface area (Å²) in [5.74, 6) is 0. The quantitative estimate of drug-likeness (QED) is 0.0984. The molecule has 0 fully saturated rings. The van der Waals surface area contributed by atoms with Crippen molar-refractivity contribution in [1.82, 2.24) is 0 Å². The number of unbranched alkanes of at least 4 members (excludes halogenated alkanes) is 9.